The first kappa shape index (κ1) is 9.75. The van der Waals surface area contributed by atoms with Crippen LogP contribution in [-0.2, 0) is 0 Å². The molecule has 1 aromatic rings. The van der Waals surface area contributed by atoms with E-state index >= 15 is 0 Å². The van der Waals surface area contributed by atoms with Gasteiger partial charge < -0.3 is 0 Å². The van der Waals surface area contributed by atoms with Gasteiger partial charge in [0.15, 0.2) is 5.15 Å². The Balaban J connectivity index is 0.000000810. The van der Waals surface area contributed by atoms with E-state index in [0.29, 0.717) is 0 Å². The first-order chi connectivity index (χ1) is 4.20. The van der Waals surface area contributed by atoms with Gasteiger partial charge in [-0.3, -0.25) is 9.89 Å². The largest absolute Gasteiger partial charge is 0.286 e. The van der Waals surface area contributed by atoms with Crippen LogP contribution in [0.15, 0.2) is 10.9 Å². The fourth-order valence-electron chi connectivity index (χ4n) is 0.365. The highest BCUT2D eigenvalue weighted by Crippen LogP contribution is 1.99. The first-order valence-electron chi connectivity index (χ1n) is 2.11. The van der Waals surface area contributed by atoms with Crippen LogP contribution in [0, 0.1) is 0 Å². The molecule has 0 saturated heterocycles. The molecular formula is C4H3Cl3N2O. The Morgan fingerprint density at radius 3 is 2.50 bits per heavy atom. The van der Waals surface area contributed by atoms with Crippen molar-refractivity contribution < 1.29 is 0 Å². The number of aromatic nitrogens is 2. The Bertz CT molecular complexity index is 271. The maximum Gasteiger partial charge on any atom is 0.220 e. The van der Waals surface area contributed by atoms with Crippen molar-refractivity contribution in [1.82, 2.24) is 10.2 Å². The fraction of sp³-hybridized carbons (Fsp3) is 0. The molecule has 1 N–H and O–H groups in total. The monoisotopic (exact) mass is 200 g/mol. The van der Waals surface area contributed by atoms with Gasteiger partial charge in [-0.1, -0.05) is 23.2 Å². The molecule has 0 unspecified atom stereocenters. The molecule has 0 amide bonds. The van der Waals surface area contributed by atoms with Crippen molar-refractivity contribution in [3.63, 3.8) is 0 Å². The topological polar surface area (TPSA) is 45.8 Å². The van der Waals surface area contributed by atoms with Gasteiger partial charge in [-0.2, -0.15) is 5.10 Å². The highest BCUT2D eigenvalue weighted by Gasteiger charge is 1.95. The zero-order valence-electron chi connectivity index (χ0n) is 4.60. The zero-order valence-corrected chi connectivity index (χ0v) is 6.93. The van der Waals surface area contributed by atoms with Crippen LogP contribution in [0.2, 0.25) is 10.3 Å². The van der Waals surface area contributed by atoms with Gasteiger partial charge in [0, 0.05) is 6.07 Å². The van der Waals surface area contributed by atoms with Gasteiger partial charge >= 0.3 is 0 Å². The quantitative estimate of drug-likeness (QED) is 0.691. The summed E-state index contributed by atoms with van der Waals surface area (Å²) < 4.78 is 0. The van der Waals surface area contributed by atoms with Gasteiger partial charge in [0.2, 0.25) is 5.43 Å². The number of halogens is 3. The molecule has 1 aromatic heterocycles. The molecule has 0 spiro atoms. The summed E-state index contributed by atoms with van der Waals surface area (Å²) in [6.45, 7) is 0. The van der Waals surface area contributed by atoms with Crippen LogP contribution in [0.4, 0.5) is 0 Å². The molecule has 0 fully saturated rings. The molecule has 0 aliphatic heterocycles. The van der Waals surface area contributed by atoms with Crippen LogP contribution < -0.4 is 5.43 Å². The number of rotatable bonds is 0. The Morgan fingerprint density at radius 1 is 1.50 bits per heavy atom. The lowest BCUT2D eigenvalue weighted by Gasteiger charge is -1.86. The number of nitrogens with zero attached hydrogens (tertiary/aromatic N) is 1. The van der Waals surface area contributed by atoms with E-state index in [1.54, 1.807) is 0 Å². The van der Waals surface area contributed by atoms with Crippen LogP contribution in [0.5, 0.6) is 0 Å². The van der Waals surface area contributed by atoms with E-state index in [0.717, 1.165) is 6.07 Å². The van der Waals surface area contributed by atoms with Crippen molar-refractivity contribution in [3.05, 3.63) is 26.6 Å². The summed E-state index contributed by atoms with van der Waals surface area (Å²) in [6, 6.07) is 1.16. The molecule has 0 aromatic carbocycles. The molecule has 10 heavy (non-hydrogen) atoms. The molecule has 6 heteroatoms. The lowest BCUT2D eigenvalue weighted by atomic mass is 10.6. The van der Waals surface area contributed by atoms with Gasteiger partial charge in [-0.05, 0) is 0 Å². The van der Waals surface area contributed by atoms with E-state index in [2.05, 4.69) is 10.2 Å². The number of hydrogen-bond acceptors (Lipinski definition) is 2. The summed E-state index contributed by atoms with van der Waals surface area (Å²) in [5.41, 5.74) is -0.375. The van der Waals surface area contributed by atoms with Gasteiger partial charge in [-0.25, -0.2) is 0 Å². The molecule has 3 nitrogen and oxygen atoms in total. The van der Waals surface area contributed by atoms with Gasteiger partial charge in [0.1, 0.15) is 5.15 Å². The number of H-pyrrole nitrogens is 1. The summed E-state index contributed by atoms with van der Waals surface area (Å²) in [7, 11) is 0. The van der Waals surface area contributed by atoms with Gasteiger partial charge in [-0.15, -0.1) is 12.4 Å². The third-order valence-corrected chi connectivity index (χ3v) is 1.19. The smallest absolute Gasteiger partial charge is 0.220 e. The van der Waals surface area contributed by atoms with Crippen molar-refractivity contribution >= 4 is 35.6 Å². The second kappa shape index (κ2) is 3.81. The Hall–Kier alpha value is -0.250. The fourth-order valence-corrected chi connectivity index (χ4v) is 0.603. The SMILES string of the molecule is Cl.O=c1cc(Cl)[nH]nc1Cl. The van der Waals surface area contributed by atoms with Crippen LogP contribution in [-0.4, -0.2) is 10.2 Å². The minimum atomic E-state index is -0.375. The third kappa shape index (κ3) is 2.17. The van der Waals surface area contributed by atoms with Gasteiger partial charge in [0.05, 0.1) is 0 Å². The van der Waals surface area contributed by atoms with Gasteiger partial charge in [0.25, 0.3) is 0 Å². The van der Waals surface area contributed by atoms with Crippen LogP contribution in [0.3, 0.4) is 0 Å². The van der Waals surface area contributed by atoms with Crippen LogP contribution in [0.1, 0.15) is 0 Å². The number of aromatic amines is 1. The third-order valence-electron chi connectivity index (χ3n) is 0.722. The highest BCUT2D eigenvalue weighted by atomic mass is 35.5. The zero-order chi connectivity index (χ0) is 6.85. The normalized spacial score (nSPS) is 8.60. The molecule has 0 aliphatic rings. The summed E-state index contributed by atoms with van der Waals surface area (Å²) in [5.74, 6) is 0. The van der Waals surface area contributed by atoms with Crippen molar-refractivity contribution in [2.45, 2.75) is 0 Å². The van der Waals surface area contributed by atoms with Crippen LogP contribution >= 0.6 is 35.6 Å². The lowest BCUT2D eigenvalue weighted by molar-refractivity contribution is 1.02. The molecule has 0 bridgehead atoms. The second-order valence-corrected chi connectivity index (χ2v) is 2.14. The maximum absolute atomic E-state index is 10.5. The van der Waals surface area contributed by atoms with E-state index in [1.165, 1.54) is 0 Å². The molecule has 1 rings (SSSR count). The predicted octanol–water partition coefficient (Wildman–Crippen LogP) is 1.50. The average Bonchev–Trinajstić information content (AvgIpc) is 1.80. The highest BCUT2D eigenvalue weighted by molar-refractivity contribution is 6.31. The molecule has 0 radical (unpaired) electrons. The number of nitrogens with one attached hydrogen (secondary N) is 1. The van der Waals surface area contributed by atoms with Crippen molar-refractivity contribution in [2.75, 3.05) is 0 Å². The van der Waals surface area contributed by atoms with Crippen molar-refractivity contribution in [1.29, 1.82) is 0 Å². The lowest BCUT2D eigenvalue weighted by Crippen LogP contribution is -2.02. The van der Waals surface area contributed by atoms with Crippen LogP contribution in [0.25, 0.3) is 0 Å². The summed E-state index contributed by atoms with van der Waals surface area (Å²) in [4.78, 5) is 10.5. The molecular weight excluding hydrogens is 198 g/mol. The summed E-state index contributed by atoms with van der Waals surface area (Å²) >= 11 is 10.6. The van der Waals surface area contributed by atoms with Crippen molar-refractivity contribution in [2.24, 2.45) is 0 Å². The minimum absolute atomic E-state index is 0. The van der Waals surface area contributed by atoms with E-state index in [-0.39, 0.29) is 28.1 Å². The molecule has 56 valence electrons. The standard InChI is InChI=1S/C4H2Cl2N2O.ClH/c5-3-1-2(9)4(6)8-7-3;/h1H,(H,7,9);1H. The maximum atomic E-state index is 10.5. The van der Waals surface area contributed by atoms with E-state index < -0.39 is 0 Å². The number of hydrogen-bond donors (Lipinski definition) is 1. The summed E-state index contributed by atoms with van der Waals surface area (Å²) in [6.07, 6.45) is 0. The second-order valence-electron chi connectivity index (χ2n) is 1.37. The Morgan fingerprint density at radius 2 is 2.10 bits per heavy atom. The van der Waals surface area contributed by atoms with E-state index in [4.69, 9.17) is 23.2 Å². The summed E-state index contributed by atoms with van der Waals surface area (Å²) in [5, 5.41) is 5.78. The average molecular weight is 201 g/mol. The molecule has 0 atom stereocenters. The first-order valence-corrected chi connectivity index (χ1v) is 2.86. The van der Waals surface area contributed by atoms with E-state index in [1.807, 2.05) is 0 Å². The molecule has 0 aliphatic carbocycles. The minimum Gasteiger partial charge on any atom is -0.286 e. The predicted molar refractivity (Wildman–Crippen MR) is 42.1 cm³/mol. The Labute approximate surface area is 72.8 Å². The van der Waals surface area contributed by atoms with E-state index in [9.17, 15) is 4.79 Å². The molecule has 1 heterocycles. The van der Waals surface area contributed by atoms with Crippen molar-refractivity contribution in [3.8, 4) is 0 Å². The molecule has 0 saturated carbocycles. The Kier molecular flexibility index (Phi) is 3.71.